The normalized spacial score (nSPS) is 10.2. The maximum Gasteiger partial charge on any atom is 0.264 e. The van der Waals surface area contributed by atoms with E-state index in [2.05, 4.69) is 10.2 Å². The monoisotopic (exact) mass is 150 g/mol. The Morgan fingerprint density at radius 2 is 2.27 bits per heavy atom. The molecule has 0 unspecified atom stereocenters. The van der Waals surface area contributed by atoms with Crippen molar-refractivity contribution in [2.75, 3.05) is 0 Å². The van der Waals surface area contributed by atoms with Crippen molar-refractivity contribution in [3.63, 3.8) is 0 Å². The van der Waals surface area contributed by atoms with Crippen molar-refractivity contribution in [1.82, 2.24) is 10.2 Å². The molecule has 0 amide bonds. The highest BCUT2D eigenvalue weighted by molar-refractivity contribution is 5.50. The van der Waals surface area contributed by atoms with E-state index in [0.717, 1.165) is 0 Å². The molecule has 4 heteroatoms. The summed E-state index contributed by atoms with van der Waals surface area (Å²) in [6, 6.07) is 4.98. The fourth-order valence-corrected chi connectivity index (χ4v) is 0.897. The van der Waals surface area contributed by atoms with Gasteiger partial charge < -0.3 is 4.42 Å². The van der Waals surface area contributed by atoms with Crippen molar-refractivity contribution in [1.29, 1.82) is 0 Å². The van der Waals surface area contributed by atoms with Gasteiger partial charge in [-0.3, -0.25) is 15.0 Å². The number of aromatic amines is 2. The maximum absolute atomic E-state index is 10.7. The summed E-state index contributed by atoms with van der Waals surface area (Å²) < 4.78 is 5.04. The minimum atomic E-state index is -0.156. The summed E-state index contributed by atoms with van der Waals surface area (Å²) >= 11 is 0. The molecule has 2 rings (SSSR count). The Kier molecular flexibility index (Phi) is 1.18. The molecule has 0 bridgehead atoms. The maximum atomic E-state index is 10.7. The zero-order valence-electron chi connectivity index (χ0n) is 5.63. The van der Waals surface area contributed by atoms with E-state index in [1.54, 1.807) is 18.4 Å². The lowest BCUT2D eigenvalue weighted by Crippen LogP contribution is -1.93. The average molecular weight is 150 g/mol. The zero-order valence-corrected chi connectivity index (χ0v) is 5.63. The molecule has 0 aromatic carbocycles. The van der Waals surface area contributed by atoms with Crippen LogP contribution in [0.5, 0.6) is 0 Å². The van der Waals surface area contributed by atoms with Crippen molar-refractivity contribution >= 4 is 0 Å². The molecule has 2 heterocycles. The lowest BCUT2D eigenvalue weighted by Gasteiger charge is -1.85. The third-order valence-electron chi connectivity index (χ3n) is 1.38. The summed E-state index contributed by atoms with van der Waals surface area (Å²) in [6.07, 6.45) is 1.56. The van der Waals surface area contributed by atoms with E-state index in [1.165, 1.54) is 6.07 Å². The number of aromatic nitrogens is 2. The Hall–Kier alpha value is -1.71. The van der Waals surface area contributed by atoms with Crippen LogP contribution in [0, 0.1) is 0 Å². The summed E-state index contributed by atoms with van der Waals surface area (Å²) in [5.74, 6) is 0.656. The summed E-state index contributed by atoms with van der Waals surface area (Å²) in [6.45, 7) is 0. The zero-order chi connectivity index (χ0) is 7.68. The fourth-order valence-electron chi connectivity index (χ4n) is 0.897. The van der Waals surface area contributed by atoms with E-state index >= 15 is 0 Å². The molecule has 0 saturated heterocycles. The van der Waals surface area contributed by atoms with Crippen molar-refractivity contribution in [2.24, 2.45) is 0 Å². The second kappa shape index (κ2) is 2.16. The van der Waals surface area contributed by atoms with Crippen molar-refractivity contribution < 1.29 is 4.42 Å². The van der Waals surface area contributed by atoms with Gasteiger partial charge in [-0.1, -0.05) is 0 Å². The van der Waals surface area contributed by atoms with Gasteiger partial charge in [0.1, 0.15) is 5.69 Å². The number of hydrogen-bond donors (Lipinski definition) is 2. The van der Waals surface area contributed by atoms with E-state index in [1.807, 2.05) is 0 Å². The molecule has 0 aliphatic rings. The molecule has 0 spiro atoms. The van der Waals surface area contributed by atoms with Gasteiger partial charge in [0.05, 0.1) is 6.26 Å². The molecule has 0 aliphatic carbocycles. The number of nitrogens with one attached hydrogen (secondary N) is 2. The summed E-state index contributed by atoms with van der Waals surface area (Å²) in [7, 11) is 0. The minimum absolute atomic E-state index is 0.156. The Morgan fingerprint density at radius 1 is 1.36 bits per heavy atom. The van der Waals surface area contributed by atoms with Gasteiger partial charge in [-0.25, -0.2) is 0 Å². The predicted octanol–water partition coefficient (Wildman–Crippen LogP) is 0.963. The summed E-state index contributed by atoms with van der Waals surface area (Å²) in [5, 5.41) is 5.09. The van der Waals surface area contributed by atoms with Crippen molar-refractivity contribution in [3.8, 4) is 11.5 Å². The van der Waals surface area contributed by atoms with E-state index in [-0.39, 0.29) is 5.56 Å². The topological polar surface area (TPSA) is 61.8 Å². The predicted molar refractivity (Wildman–Crippen MR) is 39.1 cm³/mol. The molecule has 2 aromatic heterocycles. The largest absolute Gasteiger partial charge is 0.463 e. The van der Waals surface area contributed by atoms with Crippen molar-refractivity contribution in [2.45, 2.75) is 0 Å². The van der Waals surface area contributed by atoms with Crippen LogP contribution in [0.25, 0.3) is 11.5 Å². The first kappa shape index (κ1) is 6.03. The van der Waals surface area contributed by atoms with Gasteiger partial charge in [-0.05, 0) is 12.1 Å². The van der Waals surface area contributed by atoms with Crippen LogP contribution in [0.1, 0.15) is 0 Å². The number of H-pyrrole nitrogens is 2. The Morgan fingerprint density at radius 3 is 2.82 bits per heavy atom. The lowest BCUT2D eigenvalue weighted by molar-refractivity contribution is 0.580. The van der Waals surface area contributed by atoms with Crippen LogP contribution in [-0.4, -0.2) is 10.2 Å². The second-order valence-corrected chi connectivity index (χ2v) is 2.15. The van der Waals surface area contributed by atoms with Gasteiger partial charge in [-0.2, -0.15) is 0 Å². The molecular formula is C7H6N2O2. The SMILES string of the molecule is O=c1cc(-c2ccco2)[nH][nH]1. The summed E-state index contributed by atoms with van der Waals surface area (Å²) in [5.41, 5.74) is 0.511. The highest BCUT2D eigenvalue weighted by atomic mass is 16.3. The smallest absolute Gasteiger partial charge is 0.264 e. The van der Waals surface area contributed by atoms with E-state index in [9.17, 15) is 4.79 Å². The molecule has 56 valence electrons. The molecule has 0 aliphatic heterocycles. The van der Waals surface area contributed by atoms with Crippen molar-refractivity contribution in [3.05, 3.63) is 34.8 Å². The molecule has 4 nitrogen and oxygen atoms in total. The number of hydrogen-bond acceptors (Lipinski definition) is 2. The van der Waals surface area contributed by atoms with Gasteiger partial charge in [0, 0.05) is 6.07 Å². The Balaban J connectivity index is 2.53. The quantitative estimate of drug-likeness (QED) is 0.636. The molecule has 0 atom stereocenters. The van der Waals surface area contributed by atoms with Gasteiger partial charge >= 0.3 is 0 Å². The van der Waals surface area contributed by atoms with Crippen LogP contribution in [0.4, 0.5) is 0 Å². The van der Waals surface area contributed by atoms with Crippen LogP contribution < -0.4 is 5.56 Å². The molecule has 0 fully saturated rings. The van der Waals surface area contributed by atoms with Crippen LogP contribution in [-0.2, 0) is 0 Å². The highest BCUT2D eigenvalue weighted by Gasteiger charge is 2.00. The van der Waals surface area contributed by atoms with E-state index < -0.39 is 0 Å². The molecule has 0 saturated carbocycles. The second-order valence-electron chi connectivity index (χ2n) is 2.15. The van der Waals surface area contributed by atoms with Crippen LogP contribution in [0.15, 0.2) is 33.7 Å². The first-order valence-electron chi connectivity index (χ1n) is 3.18. The Bertz CT molecular complexity index is 382. The summed E-state index contributed by atoms with van der Waals surface area (Å²) in [4.78, 5) is 10.7. The van der Waals surface area contributed by atoms with Crippen LogP contribution in [0.3, 0.4) is 0 Å². The first-order valence-corrected chi connectivity index (χ1v) is 3.18. The molecule has 2 N–H and O–H groups in total. The fraction of sp³-hybridized carbons (Fsp3) is 0. The van der Waals surface area contributed by atoms with Crippen LogP contribution >= 0.6 is 0 Å². The molecular weight excluding hydrogens is 144 g/mol. The standard InChI is InChI=1S/C7H6N2O2/c10-7-4-5(8-9-7)6-2-1-3-11-6/h1-4H,(H2,8,9,10). The van der Waals surface area contributed by atoms with Gasteiger partial charge in [0.2, 0.25) is 0 Å². The molecule has 11 heavy (non-hydrogen) atoms. The molecule has 0 radical (unpaired) electrons. The minimum Gasteiger partial charge on any atom is -0.463 e. The molecule has 2 aromatic rings. The number of rotatable bonds is 1. The third-order valence-corrected chi connectivity index (χ3v) is 1.38. The van der Waals surface area contributed by atoms with E-state index in [4.69, 9.17) is 4.42 Å². The van der Waals surface area contributed by atoms with Gasteiger partial charge in [0.15, 0.2) is 5.76 Å². The highest BCUT2D eigenvalue weighted by Crippen LogP contribution is 2.13. The van der Waals surface area contributed by atoms with E-state index in [0.29, 0.717) is 11.5 Å². The van der Waals surface area contributed by atoms with Gasteiger partial charge in [0.25, 0.3) is 5.56 Å². The number of furan rings is 1. The Labute approximate surface area is 61.8 Å². The van der Waals surface area contributed by atoms with Crippen LogP contribution in [0.2, 0.25) is 0 Å². The lowest BCUT2D eigenvalue weighted by atomic mass is 10.3. The average Bonchev–Trinajstić information content (AvgIpc) is 2.55. The first-order chi connectivity index (χ1) is 5.36. The third kappa shape index (κ3) is 0.980. The van der Waals surface area contributed by atoms with Gasteiger partial charge in [-0.15, -0.1) is 0 Å².